The lowest BCUT2D eigenvalue weighted by Crippen LogP contribution is -2.18. The molecule has 9 heteroatoms. The van der Waals surface area contributed by atoms with Crippen molar-refractivity contribution in [2.75, 3.05) is 23.5 Å². The first kappa shape index (κ1) is 22.4. The van der Waals surface area contributed by atoms with E-state index < -0.39 is 0 Å². The summed E-state index contributed by atoms with van der Waals surface area (Å²) in [5.41, 5.74) is 3.61. The zero-order chi connectivity index (χ0) is 22.4. The van der Waals surface area contributed by atoms with Gasteiger partial charge in [-0.3, -0.25) is 9.59 Å². The van der Waals surface area contributed by atoms with Gasteiger partial charge in [0.1, 0.15) is 11.6 Å². The van der Waals surface area contributed by atoms with Gasteiger partial charge >= 0.3 is 0 Å². The van der Waals surface area contributed by atoms with Crippen LogP contribution in [0.4, 0.5) is 11.4 Å². The van der Waals surface area contributed by atoms with Crippen LogP contribution in [-0.4, -0.2) is 39.4 Å². The number of aryl methyl sites for hydroxylation is 2. The fraction of sp³-hybridized carbons (Fsp3) is 0.273. The second-order valence-electron chi connectivity index (χ2n) is 7.07. The quantitative estimate of drug-likeness (QED) is 0.523. The van der Waals surface area contributed by atoms with Crippen LogP contribution in [0, 0.1) is 13.8 Å². The minimum Gasteiger partial charge on any atom is -0.497 e. The van der Waals surface area contributed by atoms with E-state index in [9.17, 15) is 9.59 Å². The number of ether oxygens (including phenoxy) is 1. The SMILES string of the molecule is COc1ccc(NC(=O)CSc2nnc(CC(=O)Nc3ccc(C)cc3C)n2C)cc1. The monoisotopic (exact) mass is 439 g/mol. The molecule has 1 heterocycles. The topological polar surface area (TPSA) is 98.1 Å². The van der Waals surface area contributed by atoms with Crippen LogP contribution in [0.25, 0.3) is 0 Å². The van der Waals surface area contributed by atoms with Gasteiger partial charge in [0.15, 0.2) is 5.16 Å². The molecule has 0 saturated heterocycles. The van der Waals surface area contributed by atoms with Gasteiger partial charge in [-0.25, -0.2) is 0 Å². The van der Waals surface area contributed by atoms with Crippen LogP contribution in [0.5, 0.6) is 5.75 Å². The number of hydrogen-bond donors (Lipinski definition) is 2. The van der Waals surface area contributed by atoms with Crippen LogP contribution in [0.15, 0.2) is 47.6 Å². The summed E-state index contributed by atoms with van der Waals surface area (Å²) in [6.45, 7) is 3.96. The highest BCUT2D eigenvalue weighted by atomic mass is 32.2. The van der Waals surface area contributed by atoms with Gasteiger partial charge in [0.25, 0.3) is 0 Å². The molecule has 8 nitrogen and oxygen atoms in total. The van der Waals surface area contributed by atoms with Crippen molar-refractivity contribution in [1.29, 1.82) is 0 Å². The number of rotatable bonds is 8. The van der Waals surface area contributed by atoms with E-state index >= 15 is 0 Å². The van der Waals surface area contributed by atoms with Gasteiger partial charge in [-0.05, 0) is 49.7 Å². The standard InChI is InChI=1S/C22H25N5O3S/c1-14-5-10-18(15(2)11-14)24-20(28)12-19-25-26-22(27(19)3)31-13-21(29)23-16-6-8-17(30-4)9-7-16/h5-11H,12-13H2,1-4H3,(H,23,29)(H,24,28). The number of nitrogens with zero attached hydrogens (tertiary/aromatic N) is 3. The average molecular weight is 440 g/mol. The first-order valence-electron chi connectivity index (χ1n) is 9.68. The van der Waals surface area contributed by atoms with Crippen LogP contribution in [0.1, 0.15) is 17.0 Å². The lowest BCUT2D eigenvalue weighted by Gasteiger charge is -2.09. The smallest absolute Gasteiger partial charge is 0.234 e. The van der Waals surface area contributed by atoms with Crippen molar-refractivity contribution in [1.82, 2.24) is 14.8 Å². The minimum absolute atomic E-state index is 0.0927. The Morgan fingerprint density at radius 1 is 1.03 bits per heavy atom. The highest BCUT2D eigenvalue weighted by Gasteiger charge is 2.15. The molecule has 2 amide bonds. The molecule has 0 unspecified atom stereocenters. The molecule has 0 aliphatic rings. The molecular formula is C22H25N5O3S. The molecule has 2 aromatic carbocycles. The number of carbonyl (C=O) groups is 2. The summed E-state index contributed by atoms with van der Waals surface area (Å²) in [6.07, 6.45) is 0.0927. The molecule has 0 aliphatic carbocycles. The van der Waals surface area contributed by atoms with E-state index in [4.69, 9.17) is 4.74 Å². The first-order valence-corrected chi connectivity index (χ1v) is 10.7. The number of hydrogen-bond acceptors (Lipinski definition) is 6. The van der Waals surface area contributed by atoms with Crippen molar-refractivity contribution < 1.29 is 14.3 Å². The van der Waals surface area contributed by atoms with Crippen LogP contribution >= 0.6 is 11.8 Å². The van der Waals surface area contributed by atoms with Crippen molar-refractivity contribution in [3.8, 4) is 5.75 Å². The van der Waals surface area contributed by atoms with E-state index in [0.717, 1.165) is 22.6 Å². The van der Waals surface area contributed by atoms with Gasteiger partial charge in [-0.1, -0.05) is 29.5 Å². The predicted octanol–water partition coefficient (Wildman–Crippen LogP) is 3.35. The van der Waals surface area contributed by atoms with Gasteiger partial charge in [0.2, 0.25) is 11.8 Å². The Morgan fingerprint density at radius 3 is 2.45 bits per heavy atom. The van der Waals surface area contributed by atoms with Crippen LogP contribution < -0.4 is 15.4 Å². The molecule has 0 bridgehead atoms. The Balaban J connectivity index is 1.53. The third kappa shape index (κ3) is 6.08. The van der Waals surface area contributed by atoms with Gasteiger partial charge in [-0.15, -0.1) is 10.2 Å². The maximum absolute atomic E-state index is 12.4. The Bertz CT molecular complexity index is 1080. The third-order valence-corrected chi connectivity index (χ3v) is 5.63. The molecule has 2 N–H and O–H groups in total. The van der Waals surface area contributed by atoms with Gasteiger partial charge in [0.05, 0.1) is 19.3 Å². The molecule has 0 atom stereocenters. The maximum atomic E-state index is 12.4. The summed E-state index contributed by atoms with van der Waals surface area (Å²) in [5.74, 6) is 1.09. The van der Waals surface area contributed by atoms with E-state index in [1.807, 2.05) is 32.0 Å². The molecule has 3 rings (SSSR count). The molecular weight excluding hydrogens is 414 g/mol. The average Bonchev–Trinajstić information content (AvgIpc) is 3.08. The summed E-state index contributed by atoms with van der Waals surface area (Å²) in [5, 5.41) is 14.5. The third-order valence-electron chi connectivity index (χ3n) is 4.61. The molecule has 3 aromatic rings. The van der Waals surface area contributed by atoms with E-state index in [-0.39, 0.29) is 24.0 Å². The second kappa shape index (κ2) is 10.1. The molecule has 0 saturated carbocycles. The highest BCUT2D eigenvalue weighted by Crippen LogP contribution is 2.19. The summed E-state index contributed by atoms with van der Waals surface area (Å²) in [6, 6.07) is 13.0. The number of amides is 2. The van der Waals surface area contributed by atoms with E-state index in [1.54, 1.807) is 43.0 Å². The van der Waals surface area contributed by atoms with Crippen molar-refractivity contribution >= 4 is 35.0 Å². The summed E-state index contributed by atoms with van der Waals surface area (Å²) < 4.78 is 6.83. The number of carbonyl (C=O) groups excluding carboxylic acids is 2. The van der Waals surface area contributed by atoms with Crippen molar-refractivity contribution in [2.24, 2.45) is 7.05 Å². The van der Waals surface area contributed by atoms with Crippen LogP contribution in [0.3, 0.4) is 0 Å². The summed E-state index contributed by atoms with van der Waals surface area (Å²) >= 11 is 1.26. The summed E-state index contributed by atoms with van der Waals surface area (Å²) in [7, 11) is 3.37. The van der Waals surface area contributed by atoms with E-state index in [1.165, 1.54) is 11.8 Å². The highest BCUT2D eigenvalue weighted by molar-refractivity contribution is 7.99. The zero-order valence-electron chi connectivity index (χ0n) is 17.9. The largest absolute Gasteiger partial charge is 0.497 e. The Hall–Kier alpha value is -3.33. The fourth-order valence-corrected chi connectivity index (χ4v) is 3.65. The Kier molecular flexibility index (Phi) is 7.30. The van der Waals surface area contributed by atoms with E-state index in [2.05, 4.69) is 20.8 Å². The van der Waals surface area contributed by atoms with E-state index in [0.29, 0.717) is 16.7 Å². The summed E-state index contributed by atoms with van der Waals surface area (Å²) in [4.78, 5) is 24.6. The van der Waals surface area contributed by atoms with Gasteiger partial charge < -0.3 is 19.9 Å². The molecule has 0 radical (unpaired) electrons. The normalized spacial score (nSPS) is 10.6. The van der Waals surface area contributed by atoms with Crippen molar-refractivity contribution in [3.63, 3.8) is 0 Å². The number of methoxy groups -OCH3 is 1. The van der Waals surface area contributed by atoms with Crippen LogP contribution in [-0.2, 0) is 23.1 Å². The molecule has 0 aliphatic heterocycles. The number of nitrogens with one attached hydrogen (secondary N) is 2. The second-order valence-corrected chi connectivity index (χ2v) is 8.01. The number of anilines is 2. The molecule has 0 fully saturated rings. The number of aromatic nitrogens is 3. The zero-order valence-corrected chi connectivity index (χ0v) is 18.7. The van der Waals surface area contributed by atoms with Gasteiger partial charge in [-0.2, -0.15) is 0 Å². The lowest BCUT2D eigenvalue weighted by molar-refractivity contribution is -0.116. The molecule has 1 aromatic heterocycles. The maximum Gasteiger partial charge on any atom is 0.234 e. The molecule has 0 spiro atoms. The van der Waals surface area contributed by atoms with Crippen LogP contribution in [0.2, 0.25) is 0 Å². The van der Waals surface area contributed by atoms with Gasteiger partial charge in [0, 0.05) is 18.4 Å². The fourth-order valence-electron chi connectivity index (χ4n) is 2.92. The number of benzene rings is 2. The number of thioether (sulfide) groups is 1. The lowest BCUT2D eigenvalue weighted by atomic mass is 10.1. The van der Waals surface area contributed by atoms with Crippen molar-refractivity contribution in [3.05, 3.63) is 59.4 Å². The Labute approximate surface area is 185 Å². The first-order chi connectivity index (χ1) is 14.9. The van der Waals surface area contributed by atoms with Crippen molar-refractivity contribution in [2.45, 2.75) is 25.4 Å². The Morgan fingerprint density at radius 2 is 1.77 bits per heavy atom. The predicted molar refractivity (Wildman–Crippen MR) is 122 cm³/mol. The minimum atomic E-state index is -0.170. The molecule has 162 valence electrons. The molecule has 31 heavy (non-hydrogen) atoms.